The SMILES string of the molecule is CC(C)(C)C(=O)c1cn(COCC[Si](C)(C)C)c2ncc(N3CCc4ccccc4C3)nc12. The Morgan fingerprint density at radius 3 is 2.58 bits per heavy atom. The first-order chi connectivity index (χ1) is 15.5. The Morgan fingerprint density at radius 1 is 1.15 bits per heavy atom. The minimum Gasteiger partial charge on any atom is -0.361 e. The van der Waals surface area contributed by atoms with Crippen molar-refractivity contribution in [2.24, 2.45) is 5.41 Å². The van der Waals surface area contributed by atoms with E-state index in [0.717, 1.165) is 38.0 Å². The van der Waals surface area contributed by atoms with Crippen LogP contribution >= 0.6 is 0 Å². The van der Waals surface area contributed by atoms with Crippen LogP contribution in [0.15, 0.2) is 36.7 Å². The first-order valence-electron chi connectivity index (χ1n) is 11.8. The third kappa shape index (κ3) is 5.36. The lowest BCUT2D eigenvalue weighted by Gasteiger charge is -2.29. The highest BCUT2D eigenvalue weighted by atomic mass is 28.3. The van der Waals surface area contributed by atoms with E-state index in [1.807, 2.05) is 37.7 Å². The molecule has 1 aliphatic heterocycles. The third-order valence-electron chi connectivity index (χ3n) is 6.16. The first kappa shape index (κ1) is 23.6. The number of benzene rings is 1. The number of Topliss-reactive ketones (excluding diaryl/α,β-unsaturated/α-hetero) is 1. The molecular formula is C26H36N4O2Si. The second-order valence-corrected chi connectivity index (χ2v) is 16.9. The van der Waals surface area contributed by atoms with E-state index < -0.39 is 13.5 Å². The van der Waals surface area contributed by atoms with Gasteiger partial charge in [0, 0.05) is 39.4 Å². The Hall–Kier alpha value is -2.51. The van der Waals surface area contributed by atoms with Gasteiger partial charge in [-0.05, 0) is 23.6 Å². The van der Waals surface area contributed by atoms with Crippen LogP contribution in [-0.2, 0) is 24.4 Å². The number of fused-ring (bicyclic) bond motifs is 2. The van der Waals surface area contributed by atoms with Gasteiger partial charge in [-0.15, -0.1) is 0 Å². The summed E-state index contributed by atoms with van der Waals surface area (Å²) in [6.45, 7) is 15.7. The number of hydrogen-bond acceptors (Lipinski definition) is 5. The molecule has 33 heavy (non-hydrogen) atoms. The smallest absolute Gasteiger partial charge is 0.171 e. The van der Waals surface area contributed by atoms with Crippen LogP contribution in [0.5, 0.6) is 0 Å². The molecule has 0 saturated heterocycles. The van der Waals surface area contributed by atoms with E-state index in [1.165, 1.54) is 11.1 Å². The van der Waals surface area contributed by atoms with Crippen molar-refractivity contribution < 1.29 is 9.53 Å². The van der Waals surface area contributed by atoms with E-state index >= 15 is 0 Å². The molecule has 6 nitrogen and oxygen atoms in total. The lowest BCUT2D eigenvalue weighted by atomic mass is 9.87. The summed E-state index contributed by atoms with van der Waals surface area (Å²) in [6, 6.07) is 9.66. The summed E-state index contributed by atoms with van der Waals surface area (Å²) in [5.41, 5.74) is 4.22. The fourth-order valence-corrected chi connectivity index (χ4v) is 4.85. The van der Waals surface area contributed by atoms with Gasteiger partial charge >= 0.3 is 0 Å². The largest absolute Gasteiger partial charge is 0.361 e. The zero-order chi connectivity index (χ0) is 23.8. The highest BCUT2D eigenvalue weighted by Gasteiger charge is 2.28. The fraction of sp³-hybridized carbons (Fsp3) is 0.500. The van der Waals surface area contributed by atoms with Gasteiger partial charge in [0.25, 0.3) is 0 Å². The molecule has 0 unspecified atom stereocenters. The van der Waals surface area contributed by atoms with Gasteiger partial charge in [-0.25, -0.2) is 9.97 Å². The zero-order valence-corrected chi connectivity index (χ0v) is 21.8. The highest BCUT2D eigenvalue weighted by molar-refractivity contribution is 6.76. The number of hydrogen-bond donors (Lipinski definition) is 0. The molecule has 0 N–H and O–H groups in total. The average molecular weight is 465 g/mol. The van der Waals surface area contributed by atoms with Crippen LogP contribution in [-0.4, -0.2) is 41.5 Å². The van der Waals surface area contributed by atoms with Crippen molar-refractivity contribution in [1.29, 1.82) is 0 Å². The maximum atomic E-state index is 13.3. The molecule has 0 atom stereocenters. The van der Waals surface area contributed by atoms with Crippen molar-refractivity contribution in [3.8, 4) is 0 Å². The summed E-state index contributed by atoms with van der Waals surface area (Å²) < 4.78 is 7.91. The van der Waals surface area contributed by atoms with Crippen LogP contribution < -0.4 is 4.90 Å². The summed E-state index contributed by atoms with van der Waals surface area (Å²) >= 11 is 0. The van der Waals surface area contributed by atoms with Crippen LogP contribution in [0.1, 0.15) is 42.3 Å². The standard InChI is InChI=1S/C26H36N4O2Si/c1-26(2,3)24(31)21-17-30(18-32-13-14-33(4,5)6)25-23(21)28-22(15-27-25)29-12-11-19-9-7-8-10-20(19)16-29/h7-10,15,17H,11-14,16,18H2,1-6H3. The number of aromatic nitrogens is 3. The number of carbonyl (C=O) groups excluding carboxylic acids is 1. The highest BCUT2D eigenvalue weighted by Crippen LogP contribution is 2.29. The molecule has 0 spiro atoms. The van der Waals surface area contributed by atoms with Crippen molar-refractivity contribution in [3.05, 3.63) is 53.3 Å². The number of ketones is 1. The molecule has 0 saturated carbocycles. The van der Waals surface area contributed by atoms with Gasteiger partial charge in [-0.2, -0.15) is 0 Å². The number of nitrogens with zero attached hydrogens (tertiary/aromatic N) is 4. The van der Waals surface area contributed by atoms with Gasteiger partial charge in [0.15, 0.2) is 11.4 Å². The maximum absolute atomic E-state index is 13.3. The van der Waals surface area contributed by atoms with Gasteiger partial charge < -0.3 is 14.2 Å². The molecule has 4 rings (SSSR count). The Kier molecular flexibility index (Phi) is 6.47. The first-order valence-corrected chi connectivity index (χ1v) is 15.5. The minimum absolute atomic E-state index is 0.0730. The van der Waals surface area contributed by atoms with Crippen molar-refractivity contribution in [2.45, 2.75) is 66.2 Å². The van der Waals surface area contributed by atoms with Crippen molar-refractivity contribution in [3.63, 3.8) is 0 Å². The molecule has 7 heteroatoms. The summed E-state index contributed by atoms with van der Waals surface area (Å²) in [4.78, 5) is 25.3. The fourth-order valence-electron chi connectivity index (χ4n) is 4.10. The summed E-state index contributed by atoms with van der Waals surface area (Å²) in [5, 5.41) is 0. The van der Waals surface area contributed by atoms with Crippen molar-refractivity contribution >= 4 is 30.8 Å². The monoisotopic (exact) mass is 464 g/mol. The number of anilines is 1. The van der Waals surface area contributed by atoms with Crippen LogP contribution in [0.25, 0.3) is 11.2 Å². The Bertz CT molecular complexity index is 1160. The molecule has 3 heterocycles. The second-order valence-electron chi connectivity index (χ2n) is 11.3. The molecule has 176 valence electrons. The summed E-state index contributed by atoms with van der Waals surface area (Å²) in [6.07, 6.45) is 4.69. The lowest BCUT2D eigenvalue weighted by Crippen LogP contribution is -2.31. The predicted octanol–water partition coefficient (Wildman–Crippen LogP) is 5.54. The quantitative estimate of drug-likeness (QED) is 0.261. The summed E-state index contributed by atoms with van der Waals surface area (Å²) in [7, 11) is -1.16. The van der Waals surface area contributed by atoms with Gasteiger partial charge in [0.1, 0.15) is 18.1 Å². The number of rotatable bonds is 7. The minimum atomic E-state index is -1.16. The molecule has 1 aliphatic rings. The van der Waals surface area contributed by atoms with Crippen LogP contribution in [0.2, 0.25) is 25.7 Å². The summed E-state index contributed by atoms with van der Waals surface area (Å²) in [5.74, 6) is 0.890. The van der Waals surface area contributed by atoms with Crippen molar-refractivity contribution in [2.75, 3.05) is 18.1 Å². The van der Waals surface area contributed by atoms with E-state index in [4.69, 9.17) is 14.7 Å². The number of carbonyl (C=O) groups is 1. The van der Waals surface area contributed by atoms with E-state index in [-0.39, 0.29) is 5.78 Å². The van der Waals surface area contributed by atoms with Gasteiger partial charge in [-0.1, -0.05) is 64.7 Å². The molecule has 1 aromatic carbocycles. The van der Waals surface area contributed by atoms with Crippen LogP contribution in [0.4, 0.5) is 5.82 Å². The maximum Gasteiger partial charge on any atom is 0.171 e. The van der Waals surface area contributed by atoms with E-state index in [0.29, 0.717) is 23.5 Å². The van der Waals surface area contributed by atoms with Crippen LogP contribution in [0.3, 0.4) is 0 Å². The van der Waals surface area contributed by atoms with Crippen molar-refractivity contribution in [1.82, 2.24) is 14.5 Å². The molecule has 0 amide bonds. The van der Waals surface area contributed by atoms with E-state index in [2.05, 4.69) is 48.8 Å². The van der Waals surface area contributed by atoms with Gasteiger partial charge in [0.05, 0.1) is 11.8 Å². The molecule has 0 fully saturated rings. The zero-order valence-electron chi connectivity index (χ0n) is 20.8. The lowest BCUT2D eigenvalue weighted by molar-refractivity contribution is 0.0849. The Balaban J connectivity index is 1.65. The van der Waals surface area contributed by atoms with Gasteiger partial charge in [0.2, 0.25) is 0 Å². The Morgan fingerprint density at radius 2 is 1.88 bits per heavy atom. The Labute approximate surface area is 198 Å². The van der Waals surface area contributed by atoms with E-state index in [1.54, 1.807) is 0 Å². The van der Waals surface area contributed by atoms with Gasteiger partial charge in [-0.3, -0.25) is 4.79 Å². The predicted molar refractivity (Wildman–Crippen MR) is 137 cm³/mol. The molecule has 0 radical (unpaired) electrons. The number of ether oxygens (including phenoxy) is 1. The average Bonchev–Trinajstić information content (AvgIpc) is 3.12. The molecular weight excluding hydrogens is 428 g/mol. The molecule has 0 bridgehead atoms. The molecule has 3 aromatic rings. The van der Waals surface area contributed by atoms with Crippen LogP contribution in [0, 0.1) is 5.41 Å². The second kappa shape index (κ2) is 9.03. The third-order valence-corrected chi connectivity index (χ3v) is 7.86. The topological polar surface area (TPSA) is 60.3 Å². The molecule has 2 aromatic heterocycles. The van der Waals surface area contributed by atoms with E-state index in [9.17, 15) is 4.79 Å². The molecule has 0 aliphatic carbocycles. The normalized spacial score (nSPS) is 14.5.